The molecule has 0 saturated carbocycles. The molecule has 3 nitrogen and oxygen atoms in total. The first-order valence-corrected chi connectivity index (χ1v) is 7.42. The predicted octanol–water partition coefficient (Wildman–Crippen LogP) is 2.28. The molecular formula is C17H20ClN2O+. The maximum absolute atomic E-state index is 11.9. The molecule has 2 rings (SSSR count). The van der Waals surface area contributed by atoms with Crippen LogP contribution >= 0.6 is 11.6 Å². The van der Waals surface area contributed by atoms with E-state index in [0.29, 0.717) is 18.1 Å². The lowest BCUT2D eigenvalue weighted by Crippen LogP contribution is -2.87. The van der Waals surface area contributed by atoms with Crippen molar-refractivity contribution in [1.29, 1.82) is 0 Å². The molecule has 0 unspecified atom stereocenters. The molecule has 21 heavy (non-hydrogen) atoms. The van der Waals surface area contributed by atoms with E-state index in [1.54, 1.807) is 0 Å². The minimum absolute atomic E-state index is 0.0349. The minimum atomic E-state index is 0.0349. The van der Waals surface area contributed by atoms with Gasteiger partial charge in [0.05, 0.1) is 0 Å². The molecule has 0 aliphatic heterocycles. The van der Waals surface area contributed by atoms with Crippen LogP contribution < -0.4 is 10.6 Å². The lowest BCUT2D eigenvalue weighted by molar-refractivity contribution is -0.682. The molecule has 3 N–H and O–H groups in total. The molecule has 0 heterocycles. The molecule has 0 aliphatic carbocycles. The molecule has 0 aliphatic rings. The summed E-state index contributed by atoms with van der Waals surface area (Å²) in [6.45, 7) is 3.05. The minimum Gasteiger partial charge on any atom is -0.347 e. The summed E-state index contributed by atoms with van der Waals surface area (Å²) in [5.41, 5.74) is 2.27. The summed E-state index contributed by atoms with van der Waals surface area (Å²) in [5, 5.41) is 5.65. The van der Waals surface area contributed by atoms with E-state index in [9.17, 15) is 4.79 Å². The number of amides is 1. The van der Waals surface area contributed by atoms with Crippen molar-refractivity contribution in [1.82, 2.24) is 5.32 Å². The van der Waals surface area contributed by atoms with Crippen LogP contribution in [0.1, 0.15) is 24.1 Å². The SMILES string of the molecule is C[C@@H]([NH2+]CC(=O)NCc1ccc(Cl)cc1)c1ccccc1. The second-order valence-electron chi connectivity index (χ2n) is 5.04. The van der Waals surface area contributed by atoms with Gasteiger partial charge in [0.15, 0.2) is 6.54 Å². The lowest BCUT2D eigenvalue weighted by Gasteiger charge is -2.11. The van der Waals surface area contributed by atoms with E-state index in [1.165, 1.54) is 5.56 Å². The predicted molar refractivity (Wildman–Crippen MR) is 84.9 cm³/mol. The molecule has 0 fully saturated rings. The van der Waals surface area contributed by atoms with Crippen molar-refractivity contribution in [3.05, 3.63) is 70.7 Å². The third-order valence-electron chi connectivity index (χ3n) is 3.39. The number of carbonyl (C=O) groups excluding carboxylic acids is 1. The summed E-state index contributed by atoms with van der Waals surface area (Å²) in [7, 11) is 0. The Bertz CT molecular complexity index is 569. The highest BCUT2D eigenvalue weighted by Crippen LogP contribution is 2.09. The molecule has 2 aromatic rings. The summed E-state index contributed by atoms with van der Waals surface area (Å²) in [6.07, 6.45) is 0. The Morgan fingerprint density at radius 3 is 2.48 bits per heavy atom. The topological polar surface area (TPSA) is 45.7 Å². The molecule has 1 atom stereocenters. The van der Waals surface area contributed by atoms with Crippen molar-refractivity contribution in [3.8, 4) is 0 Å². The van der Waals surface area contributed by atoms with Crippen LogP contribution in [0.15, 0.2) is 54.6 Å². The quantitative estimate of drug-likeness (QED) is 0.845. The highest BCUT2D eigenvalue weighted by molar-refractivity contribution is 6.30. The van der Waals surface area contributed by atoms with E-state index < -0.39 is 0 Å². The van der Waals surface area contributed by atoms with Gasteiger partial charge in [0.25, 0.3) is 5.91 Å². The molecule has 1 amide bonds. The first-order chi connectivity index (χ1) is 10.1. The Balaban J connectivity index is 1.73. The number of carbonyl (C=O) groups is 1. The second kappa shape index (κ2) is 7.81. The Hall–Kier alpha value is -1.84. The zero-order valence-corrected chi connectivity index (χ0v) is 12.8. The standard InChI is InChI=1S/C17H19ClN2O/c1-13(15-5-3-2-4-6-15)19-12-17(21)20-11-14-7-9-16(18)10-8-14/h2-10,13,19H,11-12H2,1H3,(H,20,21)/p+1/t13-/m1/s1. The van der Waals surface area contributed by atoms with Crippen molar-refractivity contribution in [3.63, 3.8) is 0 Å². The third-order valence-corrected chi connectivity index (χ3v) is 3.64. The van der Waals surface area contributed by atoms with Gasteiger partial charge in [0.1, 0.15) is 6.04 Å². The van der Waals surface area contributed by atoms with Gasteiger partial charge in [-0.25, -0.2) is 0 Å². The highest BCUT2D eigenvalue weighted by atomic mass is 35.5. The van der Waals surface area contributed by atoms with Gasteiger partial charge in [-0.15, -0.1) is 0 Å². The number of hydrogen-bond acceptors (Lipinski definition) is 1. The molecule has 0 radical (unpaired) electrons. The Morgan fingerprint density at radius 1 is 1.14 bits per heavy atom. The molecule has 0 saturated heterocycles. The number of nitrogens with two attached hydrogens (primary N) is 1. The summed E-state index contributed by atoms with van der Waals surface area (Å²) in [6, 6.07) is 17.9. The van der Waals surface area contributed by atoms with Crippen LogP contribution in [0.25, 0.3) is 0 Å². The van der Waals surface area contributed by atoms with E-state index in [0.717, 1.165) is 5.56 Å². The number of rotatable bonds is 6. The van der Waals surface area contributed by atoms with Gasteiger partial charge >= 0.3 is 0 Å². The molecule has 4 heteroatoms. The number of quaternary nitrogens is 1. The molecule has 0 bridgehead atoms. The Kier molecular flexibility index (Phi) is 5.78. The van der Waals surface area contributed by atoms with Gasteiger partial charge < -0.3 is 10.6 Å². The Morgan fingerprint density at radius 2 is 1.81 bits per heavy atom. The third kappa shape index (κ3) is 5.21. The zero-order valence-electron chi connectivity index (χ0n) is 12.1. The average Bonchev–Trinajstić information content (AvgIpc) is 2.53. The van der Waals surface area contributed by atoms with E-state index >= 15 is 0 Å². The van der Waals surface area contributed by atoms with Crippen molar-refractivity contribution in [2.45, 2.75) is 19.5 Å². The number of hydrogen-bond donors (Lipinski definition) is 2. The number of benzene rings is 2. The van der Waals surface area contributed by atoms with E-state index in [1.807, 2.05) is 47.8 Å². The summed E-state index contributed by atoms with van der Waals surface area (Å²) >= 11 is 5.82. The first kappa shape index (κ1) is 15.5. The first-order valence-electron chi connectivity index (χ1n) is 7.04. The lowest BCUT2D eigenvalue weighted by atomic mass is 10.1. The van der Waals surface area contributed by atoms with E-state index in [2.05, 4.69) is 24.4 Å². The molecule has 2 aromatic carbocycles. The average molecular weight is 304 g/mol. The summed E-state index contributed by atoms with van der Waals surface area (Å²) in [5.74, 6) is 0.0349. The molecule has 110 valence electrons. The number of halogens is 1. The number of nitrogens with one attached hydrogen (secondary N) is 1. The second-order valence-corrected chi connectivity index (χ2v) is 5.48. The fourth-order valence-corrected chi connectivity index (χ4v) is 2.18. The van der Waals surface area contributed by atoms with Gasteiger partial charge in [-0.3, -0.25) is 4.79 Å². The van der Waals surface area contributed by atoms with Crippen LogP contribution in [0.2, 0.25) is 5.02 Å². The van der Waals surface area contributed by atoms with Crippen LogP contribution in [0.3, 0.4) is 0 Å². The van der Waals surface area contributed by atoms with E-state index in [-0.39, 0.29) is 11.9 Å². The van der Waals surface area contributed by atoms with Crippen molar-refractivity contribution < 1.29 is 10.1 Å². The van der Waals surface area contributed by atoms with Gasteiger partial charge in [-0.05, 0) is 24.6 Å². The van der Waals surface area contributed by atoms with Gasteiger partial charge in [-0.1, -0.05) is 54.1 Å². The monoisotopic (exact) mass is 303 g/mol. The normalized spacial score (nSPS) is 11.9. The summed E-state index contributed by atoms with van der Waals surface area (Å²) < 4.78 is 0. The van der Waals surface area contributed by atoms with Crippen LogP contribution in [-0.4, -0.2) is 12.5 Å². The van der Waals surface area contributed by atoms with Gasteiger partial charge in [0, 0.05) is 17.1 Å². The Labute approximate surface area is 130 Å². The van der Waals surface area contributed by atoms with Crippen molar-refractivity contribution in [2.24, 2.45) is 0 Å². The summed E-state index contributed by atoms with van der Waals surface area (Å²) in [4.78, 5) is 11.9. The van der Waals surface area contributed by atoms with E-state index in [4.69, 9.17) is 11.6 Å². The fourth-order valence-electron chi connectivity index (χ4n) is 2.05. The van der Waals surface area contributed by atoms with Crippen LogP contribution in [0.4, 0.5) is 0 Å². The fraction of sp³-hybridized carbons (Fsp3) is 0.235. The maximum Gasteiger partial charge on any atom is 0.275 e. The molecule has 0 spiro atoms. The molecule has 0 aromatic heterocycles. The van der Waals surface area contributed by atoms with Crippen LogP contribution in [-0.2, 0) is 11.3 Å². The van der Waals surface area contributed by atoms with Crippen LogP contribution in [0.5, 0.6) is 0 Å². The largest absolute Gasteiger partial charge is 0.347 e. The maximum atomic E-state index is 11.9. The zero-order chi connectivity index (χ0) is 15.1. The van der Waals surface area contributed by atoms with Crippen molar-refractivity contribution in [2.75, 3.05) is 6.54 Å². The van der Waals surface area contributed by atoms with Crippen LogP contribution in [0, 0.1) is 0 Å². The molecular weight excluding hydrogens is 284 g/mol. The van der Waals surface area contributed by atoms with Gasteiger partial charge in [-0.2, -0.15) is 0 Å². The van der Waals surface area contributed by atoms with Crippen molar-refractivity contribution >= 4 is 17.5 Å². The highest BCUT2D eigenvalue weighted by Gasteiger charge is 2.10. The van der Waals surface area contributed by atoms with Gasteiger partial charge in [0.2, 0.25) is 0 Å². The smallest absolute Gasteiger partial charge is 0.275 e.